The molecule has 0 spiro atoms. The molecular weight excluding hydrogens is 290 g/mol. The third-order valence-electron chi connectivity index (χ3n) is 4.38. The van der Waals surface area contributed by atoms with E-state index in [1.165, 1.54) is 17.1 Å². The minimum atomic E-state index is -3.38. The number of rotatable bonds is 9. The third kappa shape index (κ3) is 5.83. The minimum Gasteiger partial charge on any atom is -0.381 e. The van der Waals surface area contributed by atoms with Gasteiger partial charge in [-0.25, -0.2) is 0 Å². The average molecular weight is 319 g/mol. The van der Waals surface area contributed by atoms with Crippen LogP contribution in [-0.2, 0) is 14.9 Å². The molecule has 1 saturated heterocycles. The third-order valence-corrected chi connectivity index (χ3v) is 6.05. The van der Waals surface area contributed by atoms with Gasteiger partial charge in [-0.2, -0.15) is 17.4 Å². The van der Waals surface area contributed by atoms with Crippen LogP contribution < -0.4 is 10.0 Å². The fourth-order valence-corrected chi connectivity index (χ4v) is 3.86. The van der Waals surface area contributed by atoms with E-state index >= 15 is 0 Å². The summed E-state index contributed by atoms with van der Waals surface area (Å²) in [6.45, 7) is 4.87. The lowest BCUT2D eigenvalue weighted by Gasteiger charge is -2.29. The molecule has 6 nitrogen and oxygen atoms in total. The molecule has 124 valence electrons. The SMILES string of the molecule is CC(NS(=O)(=O)N(C)CCCNC1CC1)C1CCOCC1. The lowest BCUT2D eigenvalue weighted by Crippen LogP contribution is -2.46. The van der Waals surface area contributed by atoms with Gasteiger partial charge in [0.15, 0.2) is 0 Å². The van der Waals surface area contributed by atoms with Gasteiger partial charge in [0.05, 0.1) is 0 Å². The molecule has 21 heavy (non-hydrogen) atoms. The zero-order chi connectivity index (χ0) is 15.3. The predicted molar refractivity (Wildman–Crippen MR) is 83.3 cm³/mol. The molecule has 1 unspecified atom stereocenters. The van der Waals surface area contributed by atoms with Gasteiger partial charge in [-0.3, -0.25) is 0 Å². The second kappa shape index (κ2) is 7.87. The standard InChI is InChI=1S/C14H29N3O3S/c1-12(13-6-10-20-11-7-13)16-21(18,19)17(2)9-3-8-15-14-4-5-14/h12-16H,3-11H2,1-2H3. The second-order valence-electron chi connectivity index (χ2n) is 6.26. The Morgan fingerprint density at radius 1 is 1.24 bits per heavy atom. The molecule has 0 bridgehead atoms. The fourth-order valence-electron chi connectivity index (χ4n) is 2.65. The molecule has 2 fully saturated rings. The van der Waals surface area contributed by atoms with Gasteiger partial charge in [-0.15, -0.1) is 0 Å². The monoisotopic (exact) mass is 319 g/mol. The molecule has 0 aromatic heterocycles. The molecule has 1 aliphatic heterocycles. The van der Waals surface area contributed by atoms with Gasteiger partial charge in [0, 0.05) is 38.9 Å². The van der Waals surface area contributed by atoms with Crippen LogP contribution in [0.3, 0.4) is 0 Å². The highest BCUT2D eigenvalue weighted by molar-refractivity contribution is 7.87. The zero-order valence-electron chi connectivity index (χ0n) is 13.2. The Morgan fingerprint density at radius 3 is 2.52 bits per heavy atom. The van der Waals surface area contributed by atoms with Gasteiger partial charge in [-0.05, 0) is 51.5 Å². The van der Waals surface area contributed by atoms with Crippen molar-refractivity contribution in [2.75, 3.05) is 33.4 Å². The first kappa shape index (κ1) is 17.1. The van der Waals surface area contributed by atoms with E-state index in [9.17, 15) is 8.42 Å². The molecule has 0 radical (unpaired) electrons. The lowest BCUT2D eigenvalue weighted by atomic mass is 9.94. The summed E-state index contributed by atoms with van der Waals surface area (Å²) < 4.78 is 34.1. The molecule has 1 saturated carbocycles. The Morgan fingerprint density at radius 2 is 1.90 bits per heavy atom. The summed E-state index contributed by atoms with van der Waals surface area (Å²) in [5.74, 6) is 0.374. The van der Waals surface area contributed by atoms with Gasteiger partial charge < -0.3 is 10.1 Å². The van der Waals surface area contributed by atoms with Crippen molar-refractivity contribution >= 4 is 10.2 Å². The van der Waals surface area contributed by atoms with Crippen molar-refractivity contribution in [3.8, 4) is 0 Å². The first-order valence-electron chi connectivity index (χ1n) is 8.04. The van der Waals surface area contributed by atoms with Crippen molar-refractivity contribution in [1.29, 1.82) is 0 Å². The van der Waals surface area contributed by atoms with E-state index in [1.807, 2.05) is 6.92 Å². The van der Waals surface area contributed by atoms with Crippen LogP contribution in [0.2, 0.25) is 0 Å². The summed E-state index contributed by atoms with van der Waals surface area (Å²) in [7, 11) is -1.73. The van der Waals surface area contributed by atoms with Crippen LogP contribution in [0.4, 0.5) is 0 Å². The van der Waals surface area contributed by atoms with Crippen molar-refractivity contribution in [3.63, 3.8) is 0 Å². The Bertz CT molecular complexity index is 406. The molecule has 2 rings (SSSR count). The van der Waals surface area contributed by atoms with Crippen molar-refractivity contribution < 1.29 is 13.2 Å². The fraction of sp³-hybridized carbons (Fsp3) is 1.00. The molecule has 0 aromatic rings. The summed E-state index contributed by atoms with van der Waals surface area (Å²) in [6.07, 6.45) is 5.23. The van der Waals surface area contributed by atoms with Crippen molar-refractivity contribution in [1.82, 2.24) is 14.3 Å². The molecule has 1 heterocycles. The highest BCUT2D eigenvalue weighted by atomic mass is 32.2. The zero-order valence-corrected chi connectivity index (χ0v) is 14.0. The molecule has 1 aliphatic carbocycles. The molecule has 0 aromatic carbocycles. The van der Waals surface area contributed by atoms with Crippen molar-refractivity contribution in [2.45, 2.75) is 51.1 Å². The summed E-state index contributed by atoms with van der Waals surface area (Å²) >= 11 is 0. The van der Waals surface area contributed by atoms with E-state index in [0.29, 0.717) is 18.5 Å². The molecular formula is C14H29N3O3S. The van der Waals surface area contributed by atoms with E-state index in [1.54, 1.807) is 7.05 Å². The maximum absolute atomic E-state index is 12.3. The van der Waals surface area contributed by atoms with Gasteiger partial charge in [-0.1, -0.05) is 0 Å². The van der Waals surface area contributed by atoms with Gasteiger partial charge >= 0.3 is 0 Å². The summed E-state index contributed by atoms with van der Waals surface area (Å²) in [5.41, 5.74) is 0. The molecule has 2 aliphatic rings. The van der Waals surface area contributed by atoms with E-state index in [4.69, 9.17) is 4.74 Å². The van der Waals surface area contributed by atoms with Gasteiger partial charge in [0.1, 0.15) is 0 Å². The first-order chi connectivity index (χ1) is 9.99. The van der Waals surface area contributed by atoms with E-state index in [0.717, 1.165) is 39.0 Å². The smallest absolute Gasteiger partial charge is 0.279 e. The number of hydrogen-bond donors (Lipinski definition) is 2. The van der Waals surface area contributed by atoms with Crippen LogP contribution >= 0.6 is 0 Å². The van der Waals surface area contributed by atoms with Crippen molar-refractivity contribution in [2.24, 2.45) is 5.92 Å². The van der Waals surface area contributed by atoms with E-state index in [2.05, 4.69) is 10.0 Å². The maximum Gasteiger partial charge on any atom is 0.279 e. The van der Waals surface area contributed by atoms with Crippen LogP contribution in [0.1, 0.15) is 39.0 Å². The van der Waals surface area contributed by atoms with Crippen LogP contribution in [0.25, 0.3) is 0 Å². The number of hydrogen-bond acceptors (Lipinski definition) is 4. The highest BCUT2D eigenvalue weighted by Crippen LogP contribution is 2.19. The minimum absolute atomic E-state index is 0.0362. The van der Waals surface area contributed by atoms with Crippen LogP contribution in [0.15, 0.2) is 0 Å². The number of nitrogens with one attached hydrogen (secondary N) is 2. The van der Waals surface area contributed by atoms with E-state index in [-0.39, 0.29) is 6.04 Å². The average Bonchev–Trinajstić information content (AvgIpc) is 3.28. The normalized spacial score (nSPS) is 22.6. The van der Waals surface area contributed by atoms with Crippen LogP contribution in [-0.4, -0.2) is 58.2 Å². The summed E-state index contributed by atoms with van der Waals surface area (Å²) in [4.78, 5) is 0. The van der Waals surface area contributed by atoms with Crippen LogP contribution in [0, 0.1) is 5.92 Å². The number of ether oxygens (including phenoxy) is 1. The predicted octanol–water partition coefficient (Wildman–Crippen LogP) is 0.710. The second-order valence-corrected chi connectivity index (χ2v) is 8.07. The maximum atomic E-state index is 12.3. The summed E-state index contributed by atoms with van der Waals surface area (Å²) in [6, 6.07) is 0.643. The Kier molecular flexibility index (Phi) is 6.43. The summed E-state index contributed by atoms with van der Waals surface area (Å²) in [5, 5.41) is 3.40. The lowest BCUT2D eigenvalue weighted by molar-refractivity contribution is 0.0584. The Labute approximate surface area is 128 Å². The van der Waals surface area contributed by atoms with Gasteiger partial charge in [0.25, 0.3) is 10.2 Å². The van der Waals surface area contributed by atoms with Gasteiger partial charge in [0.2, 0.25) is 0 Å². The van der Waals surface area contributed by atoms with E-state index < -0.39 is 10.2 Å². The molecule has 2 N–H and O–H groups in total. The quantitative estimate of drug-likeness (QED) is 0.614. The highest BCUT2D eigenvalue weighted by Gasteiger charge is 2.26. The first-order valence-corrected chi connectivity index (χ1v) is 9.48. The topological polar surface area (TPSA) is 70.7 Å². The van der Waals surface area contributed by atoms with Crippen LogP contribution in [0.5, 0.6) is 0 Å². The Hall–Kier alpha value is -0.210. The van der Waals surface area contributed by atoms with Crippen molar-refractivity contribution in [3.05, 3.63) is 0 Å². The largest absolute Gasteiger partial charge is 0.381 e. The Balaban J connectivity index is 1.70. The molecule has 7 heteroatoms. The molecule has 0 amide bonds. The molecule has 1 atom stereocenters. The number of nitrogens with zero attached hydrogens (tertiary/aromatic N) is 1.